The van der Waals surface area contributed by atoms with Gasteiger partial charge in [-0.3, -0.25) is 4.79 Å². The van der Waals surface area contributed by atoms with Crippen molar-refractivity contribution in [1.29, 1.82) is 0 Å². The molecule has 1 atom stereocenters. The van der Waals surface area contributed by atoms with E-state index in [1.165, 1.54) is 0 Å². The molecule has 0 radical (unpaired) electrons. The summed E-state index contributed by atoms with van der Waals surface area (Å²) in [6, 6.07) is 3.42. The van der Waals surface area contributed by atoms with Gasteiger partial charge in [-0.15, -0.1) is 0 Å². The maximum Gasteiger partial charge on any atom is 0.251 e. The van der Waals surface area contributed by atoms with Crippen molar-refractivity contribution in [2.75, 3.05) is 27.4 Å². The Morgan fingerprint density at radius 1 is 1.29 bits per heavy atom. The average Bonchev–Trinajstić information content (AvgIpc) is 2.51. The van der Waals surface area contributed by atoms with Crippen molar-refractivity contribution in [3.8, 4) is 11.5 Å². The summed E-state index contributed by atoms with van der Waals surface area (Å²) in [5.74, 6) is 1.37. The third kappa shape index (κ3) is 4.63. The minimum Gasteiger partial charge on any atom is -0.496 e. The van der Waals surface area contributed by atoms with Crippen molar-refractivity contribution < 1.29 is 19.4 Å². The summed E-state index contributed by atoms with van der Waals surface area (Å²) in [5, 5.41) is 11.9. The maximum atomic E-state index is 12.2. The average molecular weight is 295 g/mol. The van der Waals surface area contributed by atoms with Crippen LogP contribution in [-0.2, 0) is 0 Å². The fourth-order valence-electron chi connectivity index (χ4n) is 2.19. The number of amides is 1. The molecule has 5 heteroatoms. The first-order valence-corrected chi connectivity index (χ1v) is 7.19. The summed E-state index contributed by atoms with van der Waals surface area (Å²) in [5.41, 5.74) is 1.37. The van der Waals surface area contributed by atoms with Crippen molar-refractivity contribution in [2.45, 2.75) is 26.7 Å². The molecule has 1 amide bonds. The smallest absolute Gasteiger partial charge is 0.251 e. The number of carbonyl (C=O) groups excluding carboxylic acids is 1. The highest BCUT2D eigenvalue weighted by Gasteiger charge is 2.14. The number of hydrogen-bond donors (Lipinski definition) is 2. The number of methoxy groups -OCH3 is 2. The SMILES string of the molecule is CCC(CCO)CNC(=O)c1cc(OC)c(C)c(OC)c1. The van der Waals surface area contributed by atoms with Crippen LogP contribution < -0.4 is 14.8 Å². The van der Waals surface area contributed by atoms with Gasteiger partial charge < -0.3 is 19.9 Å². The molecule has 21 heavy (non-hydrogen) atoms. The summed E-state index contributed by atoms with van der Waals surface area (Å²) in [7, 11) is 3.13. The van der Waals surface area contributed by atoms with E-state index in [1.54, 1.807) is 26.4 Å². The Balaban J connectivity index is 2.82. The van der Waals surface area contributed by atoms with Crippen molar-refractivity contribution >= 4 is 5.91 Å². The summed E-state index contributed by atoms with van der Waals surface area (Å²) < 4.78 is 10.5. The quantitative estimate of drug-likeness (QED) is 0.771. The highest BCUT2D eigenvalue weighted by molar-refractivity contribution is 5.95. The van der Waals surface area contributed by atoms with E-state index < -0.39 is 0 Å². The molecule has 0 aliphatic carbocycles. The summed E-state index contributed by atoms with van der Waals surface area (Å²) in [6.45, 7) is 4.62. The van der Waals surface area contributed by atoms with E-state index in [9.17, 15) is 4.79 Å². The van der Waals surface area contributed by atoms with Gasteiger partial charge in [-0.2, -0.15) is 0 Å². The first-order valence-electron chi connectivity index (χ1n) is 7.19. The van der Waals surface area contributed by atoms with Gasteiger partial charge in [-0.05, 0) is 31.4 Å². The van der Waals surface area contributed by atoms with Crippen molar-refractivity contribution in [3.63, 3.8) is 0 Å². The first-order chi connectivity index (χ1) is 10.1. The molecule has 0 fully saturated rings. The molecule has 1 unspecified atom stereocenters. The third-order valence-corrected chi connectivity index (χ3v) is 3.68. The monoisotopic (exact) mass is 295 g/mol. The predicted molar refractivity (Wildman–Crippen MR) is 82.1 cm³/mol. The molecule has 2 N–H and O–H groups in total. The molecule has 0 saturated heterocycles. The van der Waals surface area contributed by atoms with Crippen molar-refractivity contribution in [1.82, 2.24) is 5.32 Å². The van der Waals surface area contributed by atoms with Crippen LogP contribution in [0.4, 0.5) is 0 Å². The van der Waals surface area contributed by atoms with Gasteiger partial charge in [0.2, 0.25) is 0 Å². The van der Waals surface area contributed by atoms with E-state index in [2.05, 4.69) is 5.32 Å². The predicted octanol–water partition coefficient (Wildman–Crippen LogP) is 2.15. The summed E-state index contributed by atoms with van der Waals surface area (Å²) >= 11 is 0. The van der Waals surface area contributed by atoms with Gasteiger partial charge in [0.05, 0.1) is 14.2 Å². The Labute approximate surface area is 126 Å². The molecule has 0 aromatic heterocycles. The zero-order chi connectivity index (χ0) is 15.8. The van der Waals surface area contributed by atoms with Crippen LogP contribution in [0.15, 0.2) is 12.1 Å². The van der Waals surface area contributed by atoms with Crippen LogP contribution in [0.1, 0.15) is 35.7 Å². The van der Waals surface area contributed by atoms with Gasteiger partial charge in [0.15, 0.2) is 0 Å². The van der Waals surface area contributed by atoms with E-state index in [0.29, 0.717) is 30.0 Å². The van der Waals surface area contributed by atoms with Gasteiger partial charge >= 0.3 is 0 Å². The number of ether oxygens (including phenoxy) is 2. The molecule has 0 aliphatic rings. The standard InChI is InChI=1S/C16H25NO4/c1-5-12(6-7-18)10-17-16(19)13-8-14(20-3)11(2)15(9-13)21-4/h8-9,12,18H,5-7,10H2,1-4H3,(H,17,19). The Bertz CT molecular complexity index is 448. The number of aliphatic hydroxyl groups excluding tert-OH is 1. The minimum absolute atomic E-state index is 0.139. The fourth-order valence-corrected chi connectivity index (χ4v) is 2.19. The molecule has 1 aromatic rings. The Kier molecular flexibility index (Phi) is 7.02. The molecular weight excluding hydrogens is 270 g/mol. The van der Waals surface area contributed by atoms with E-state index in [-0.39, 0.29) is 18.4 Å². The van der Waals surface area contributed by atoms with Crippen LogP contribution in [0, 0.1) is 12.8 Å². The lowest BCUT2D eigenvalue weighted by molar-refractivity contribution is 0.0943. The molecule has 5 nitrogen and oxygen atoms in total. The molecular formula is C16H25NO4. The number of aliphatic hydroxyl groups is 1. The Hall–Kier alpha value is -1.75. The van der Waals surface area contributed by atoms with Crippen molar-refractivity contribution in [3.05, 3.63) is 23.3 Å². The number of rotatable bonds is 8. The van der Waals surface area contributed by atoms with Crippen LogP contribution in [0.3, 0.4) is 0 Å². The third-order valence-electron chi connectivity index (χ3n) is 3.68. The Morgan fingerprint density at radius 3 is 2.29 bits per heavy atom. The highest BCUT2D eigenvalue weighted by atomic mass is 16.5. The second-order valence-corrected chi connectivity index (χ2v) is 5.00. The number of carbonyl (C=O) groups is 1. The molecule has 0 aliphatic heterocycles. The second kappa shape index (κ2) is 8.52. The van der Waals surface area contributed by atoms with Crippen LogP contribution in [-0.4, -0.2) is 38.4 Å². The van der Waals surface area contributed by atoms with E-state index in [4.69, 9.17) is 14.6 Å². The summed E-state index contributed by atoms with van der Waals surface area (Å²) in [6.07, 6.45) is 1.61. The number of hydrogen-bond acceptors (Lipinski definition) is 4. The van der Waals surface area contributed by atoms with Gasteiger partial charge in [-0.1, -0.05) is 13.3 Å². The molecule has 118 valence electrons. The topological polar surface area (TPSA) is 67.8 Å². The molecule has 0 bridgehead atoms. The molecule has 0 saturated carbocycles. The van der Waals surface area contributed by atoms with Crippen LogP contribution >= 0.6 is 0 Å². The second-order valence-electron chi connectivity index (χ2n) is 5.00. The molecule has 0 spiro atoms. The zero-order valence-corrected chi connectivity index (χ0v) is 13.2. The lowest BCUT2D eigenvalue weighted by Gasteiger charge is -2.16. The van der Waals surface area contributed by atoms with E-state index in [1.807, 2.05) is 13.8 Å². The molecule has 0 heterocycles. The largest absolute Gasteiger partial charge is 0.496 e. The highest BCUT2D eigenvalue weighted by Crippen LogP contribution is 2.29. The lowest BCUT2D eigenvalue weighted by Crippen LogP contribution is -2.29. The normalized spacial score (nSPS) is 11.9. The number of benzene rings is 1. The van der Waals surface area contributed by atoms with Gasteiger partial charge in [0.25, 0.3) is 5.91 Å². The maximum absolute atomic E-state index is 12.2. The van der Waals surface area contributed by atoms with Gasteiger partial charge in [-0.25, -0.2) is 0 Å². The Morgan fingerprint density at radius 2 is 1.86 bits per heavy atom. The van der Waals surface area contributed by atoms with Crippen LogP contribution in [0.5, 0.6) is 11.5 Å². The van der Waals surface area contributed by atoms with Crippen LogP contribution in [0.25, 0.3) is 0 Å². The summed E-state index contributed by atoms with van der Waals surface area (Å²) in [4.78, 5) is 12.2. The first kappa shape index (κ1) is 17.3. The minimum atomic E-state index is -0.164. The lowest BCUT2D eigenvalue weighted by atomic mass is 10.0. The van der Waals surface area contributed by atoms with Crippen molar-refractivity contribution in [2.24, 2.45) is 5.92 Å². The van der Waals surface area contributed by atoms with Gasteiger partial charge in [0.1, 0.15) is 11.5 Å². The van der Waals surface area contributed by atoms with Crippen LogP contribution in [0.2, 0.25) is 0 Å². The zero-order valence-electron chi connectivity index (χ0n) is 13.2. The molecule has 1 rings (SSSR count). The fraction of sp³-hybridized carbons (Fsp3) is 0.562. The van der Waals surface area contributed by atoms with E-state index >= 15 is 0 Å². The molecule has 1 aromatic carbocycles. The van der Waals surface area contributed by atoms with Gasteiger partial charge in [0, 0.05) is 24.3 Å². The van der Waals surface area contributed by atoms with E-state index in [0.717, 1.165) is 12.0 Å². The number of nitrogens with one attached hydrogen (secondary N) is 1.